The van der Waals surface area contributed by atoms with E-state index in [0.717, 1.165) is 5.56 Å². The lowest BCUT2D eigenvalue weighted by atomic mass is 10.1. The monoisotopic (exact) mass is 278 g/mol. The minimum Gasteiger partial charge on any atom is -0.481 e. The molecule has 2 rings (SSSR count). The van der Waals surface area contributed by atoms with E-state index in [9.17, 15) is 9.59 Å². The number of nitrogens with zero attached hydrogens (tertiary/aromatic N) is 2. The first-order chi connectivity index (χ1) is 9.04. The van der Waals surface area contributed by atoms with Crippen molar-refractivity contribution in [3.63, 3.8) is 0 Å². The molecular weight excluding hydrogens is 268 g/mol. The Morgan fingerprint density at radius 2 is 1.89 bits per heavy atom. The van der Waals surface area contributed by atoms with Gasteiger partial charge in [-0.3, -0.25) is 9.36 Å². The van der Waals surface area contributed by atoms with Crippen molar-refractivity contribution in [3.8, 4) is 0 Å². The molecule has 0 aliphatic carbocycles. The third kappa shape index (κ3) is 3.66. The summed E-state index contributed by atoms with van der Waals surface area (Å²) in [6, 6.07) is 7.02. The molecule has 0 bridgehead atoms. The van der Waals surface area contributed by atoms with Crippen LogP contribution in [0.4, 0.5) is 0 Å². The Morgan fingerprint density at radius 3 is 2.53 bits per heavy atom. The van der Waals surface area contributed by atoms with Crippen LogP contribution in [0.15, 0.2) is 41.5 Å². The molecular formula is C13H11ClN2O3. The largest absolute Gasteiger partial charge is 0.481 e. The number of aliphatic carboxylic acids is 1. The van der Waals surface area contributed by atoms with E-state index in [4.69, 9.17) is 16.7 Å². The van der Waals surface area contributed by atoms with Crippen molar-refractivity contribution in [2.75, 3.05) is 0 Å². The molecule has 2 aromatic rings. The van der Waals surface area contributed by atoms with Gasteiger partial charge < -0.3 is 5.11 Å². The predicted molar refractivity (Wildman–Crippen MR) is 70.4 cm³/mol. The average molecular weight is 279 g/mol. The number of halogens is 1. The fourth-order valence-electron chi connectivity index (χ4n) is 1.68. The topological polar surface area (TPSA) is 72.2 Å². The Morgan fingerprint density at radius 1 is 1.26 bits per heavy atom. The van der Waals surface area contributed by atoms with Crippen molar-refractivity contribution < 1.29 is 9.90 Å². The smallest absolute Gasteiger partial charge is 0.347 e. The molecule has 1 N–H and O–H groups in total. The molecule has 0 radical (unpaired) electrons. The van der Waals surface area contributed by atoms with Gasteiger partial charge in [-0.05, 0) is 11.1 Å². The standard InChI is InChI=1S/C13H11ClN2O3/c14-11-6-15-13(19)16(8-11)7-10-3-1-9(2-4-10)5-12(17)18/h1-4,6,8H,5,7H2,(H,17,18). The Labute approximate surface area is 114 Å². The summed E-state index contributed by atoms with van der Waals surface area (Å²) in [5.41, 5.74) is 1.21. The normalized spacial score (nSPS) is 10.4. The molecule has 19 heavy (non-hydrogen) atoms. The number of benzene rings is 1. The number of rotatable bonds is 4. The molecule has 5 nitrogen and oxygen atoms in total. The van der Waals surface area contributed by atoms with Crippen LogP contribution in [-0.2, 0) is 17.8 Å². The Kier molecular flexibility index (Phi) is 3.97. The molecule has 0 aliphatic rings. The minimum absolute atomic E-state index is 0.0149. The van der Waals surface area contributed by atoms with E-state index in [-0.39, 0.29) is 12.1 Å². The lowest BCUT2D eigenvalue weighted by molar-refractivity contribution is -0.136. The summed E-state index contributed by atoms with van der Waals surface area (Å²) in [6.07, 6.45) is 2.80. The third-order valence-corrected chi connectivity index (χ3v) is 2.75. The third-order valence-electron chi connectivity index (χ3n) is 2.55. The fourth-order valence-corrected chi connectivity index (χ4v) is 1.84. The van der Waals surface area contributed by atoms with Gasteiger partial charge in [-0.25, -0.2) is 9.78 Å². The molecule has 0 aliphatic heterocycles. The maximum absolute atomic E-state index is 11.5. The van der Waals surface area contributed by atoms with Gasteiger partial charge in [-0.2, -0.15) is 0 Å². The second-order valence-corrected chi connectivity index (χ2v) is 4.51. The van der Waals surface area contributed by atoms with Gasteiger partial charge >= 0.3 is 11.7 Å². The van der Waals surface area contributed by atoms with Crippen LogP contribution in [0.3, 0.4) is 0 Å². The first-order valence-corrected chi connectivity index (χ1v) is 5.94. The van der Waals surface area contributed by atoms with Crippen molar-refractivity contribution in [2.24, 2.45) is 0 Å². The number of aromatic nitrogens is 2. The average Bonchev–Trinajstić information content (AvgIpc) is 2.35. The molecule has 0 amide bonds. The highest BCUT2D eigenvalue weighted by atomic mass is 35.5. The SMILES string of the molecule is O=C(O)Cc1ccc(Cn2cc(Cl)cnc2=O)cc1. The lowest BCUT2D eigenvalue weighted by Gasteiger charge is -2.06. The molecule has 0 saturated carbocycles. The van der Waals surface area contributed by atoms with Crippen molar-refractivity contribution >= 4 is 17.6 Å². The van der Waals surface area contributed by atoms with E-state index in [1.165, 1.54) is 17.0 Å². The van der Waals surface area contributed by atoms with E-state index in [2.05, 4.69) is 4.98 Å². The van der Waals surface area contributed by atoms with E-state index < -0.39 is 5.97 Å². The fraction of sp³-hybridized carbons (Fsp3) is 0.154. The van der Waals surface area contributed by atoms with Crippen LogP contribution in [0.5, 0.6) is 0 Å². The lowest BCUT2D eigenvalue weighted by Crippen LogP contribution is -2.22. The van der Waals surface area contributed by atoms with Crippen molar-refractivity contribution in [1.29, 1.82) is 0 Å². The van der Waals surface area contributed by atoms with Crippen LogP contribution in [0.25, 0.3) is 0 Å². The quantitative estimate of drug-likeness (QED) is 0.921. The van der Waals surface area contributed by atoms with Gasteiger partial charge in [0.2, 0.25) is 0 Å². The maximum atomic E-state index is 11.5. The summed E-state index contributed by atoms with van der Waals surface area (Å²) >= 11 is 5.78. The highest BCUT2D eigenvalue weighted by Crippen LogP contribution is 2.08. The van der Waals surface area contributed by atoms with Crippen molar-refractivity contribution in [2.45, 2.75) is 13.0 Å². The van der Waals surface area contributed by atoms with E-state index in [1.54, 1.807) is 24.3 Å². The summed E-state index contributed by atoms with van der Waals surface area (Å²) < 4.78 is 1.40. The van der Waals surface area contributed by atoms with Gasteiger partial charge in [0.25, 0.3) is 0 Å². The highest BCUT2D eigenvalue weighted by molar-refractivity contribution is 6.30. The summed E-state index contributed by atoms with van der Waals surface area (Å²) in [7, 11) is 0. The van der Waals surface area contributed by atoms with E-state index in [0.29, 0.717) is 17.1 Å². The Balaban J connectivity index is 2.17. The number of hydrogen-bond acceptors (Lipinski definition) is 3. The van der Waals surface area contributed by atoms with Crippen molar-refractivity contribution in [3.05, 3.63) is 63.3 Å². The highest BCUT2D eigenvalue weighted by Gasteiger charge is 2.03. The van der Waals surface area contributed by atoms with E-state index >= 15 is 0 Å². The van der Waals surface area contributed by atoms with Crippen LogP contribution >= 0.6 is 11.6 Å². The first kappa shape index (κ1) is 13.3. The second kappa shape index (κ2) is 5.67. The Bertz CT molecular complexity index is 650. The maximum Gasteiger partial charge on any atom is 0.347 e. The van der Waals surface area contributed by atoms with Gasteiger partial charge in [-0.1, -0.05) is 35.9 Å². The van der Waals surface area contributed by atoms with Gasteiger partial charge in [0.15, 0.2) is 0 Å². The van der Waals surface area contributed by atoms with Crippen molar-refractivity contribution in [1.82, 2.24) is 9.55 Å². The zero-order chi connectivity index (χ0) is 13.8. The molecule has 1 aromatic carbocycles. The van der Waals surface area contributed by atoms with Crippen LogP contribution in [0.1, 0.15) is 11.1 Å². The van der Waals surface area contributed by atoms with Gasteiger partial charge in [0.1, 0.15) is 0 Å². The molecule has 0 fully saturated rings. The number of carboxylic acids is 1. The van der Waals surface area contributed by atoms with E-state index in [1.807, 2.05) is 0 Å². The van der Waals surface area contributed by atoms with Gasteiger partial charge in [0.05, 0.1) is 24.2 Å². The minimum atomic E-state index is -0.872. The number of carboxylic acid groups (broad SMARTS) is 1. The zero-order valence-electron chi connectivity index (χ0n) is 9.91. The molecule has 6 heteroatoms. The molecule has 1 aromatic heterocycles. The number of carbonyl (C=O) groups is 1. The van der Waals surface area contributed by atoms with Gasteiger partial charge in [-0.15, -0.1) is 0 Å². The number of hydrogen-bond donors (Lipinski definition) is 1. The first-order valence-electron chi connectivity index (χ1n) is 5.56. The molecule has 0 atom stereocenters. The summed E-state index contributed by atoms with van der Waals surface area (Å²) in [4.78, 5) is 25.7. The predicted octanol–water partition coefficient (Wildman–Crippen LogP) is 1.57. The summed E-state index contributed by atoms with van der Waals surface area (Å²) in [5.74, 6) is -0.872. The van der Waals surface area contributed by atoms with Crippen LogP contribution in [0.2, 0.25) is 5.02 Å². The molecule has 98 valence electrons. The summed E-state index contributed by atoms with van der Waals surface area (Å²) in [5, 5.41) is 9.06. The van der Waals surface area contributed by atoms with Gasteiger partial charge in [0, 0.05) is 6.20 Å². The van der Waals surface area contributed by atoms with Crippen LogP contribution < -0.4 is 5.69 Å². The molecule has 1 heterocycles. The van der Waals surface area contributed by atoms with Crippen LogP contribution in [-0.4, -0.2) is 20.6 Å². The molecule has 0 saturated heterocycles. The Hall–Kier alpha value is -2.14. The summed E-state index contributed by atoms with van der Waals surface area (Å²) in [6.45, 7) is 0.347. The molecule has 0 spiro atoms. The second-order valence-electron chi connectivity index (χ2n) is 4.07. The van der Waals surface area contributed by atoms with Crippen LogP contribution in [0, 0.1) is 0 Å². The zero-order valence-corrected chi connectivity index (χ0v) is 10.7. The molecule has 0 unspecified atom stereocenters.